The Bertz CT molecular complexity index is 150. The molecule has 0 heterocycles. The fraction of sp³-hybridized carbons (Fsp3) is 0.833. The average molecular weight is 198 g/mol. The Morgan fingerprint density at radius 2 is 2.07 bits per heavy atom. The van der Waals surface area contributed by atoms with E-state index >= 15 is 0 Å². The molecule has 0 aromatic carbocycles. The van der Waals surface area contributed by atoms with Crippen LogP contribution in [0.1, 0.15) is 33.6 Å². The van der Waals surface area contributed by atoms with Crippen molar-refractivity contribution in [3.63, 3.8) is 0 Å². The molecule has 0 aliphatic carbocycles. The first kappa shape index (κ1) is 13.7. The smallest absolute Gasteiger partial charge is 0.0187 e. The fourth-order valence-electron chi connectivity index (χ4n) is 1.58. The maximum Gasteiger partial charge on any atom is 0.0187 e. The predicted molar refractivity (Wildman–Crippen MR) is 64.4 cm³/mol. The molecule has 0 rings (SSSR count). The van der Waals surface area contributed by atoms with E-state index in [1.807, 2.05) is 0 Å². The van der Waals surface area contributed by atoms with Crippen LogP contribution in [0.15, 0.2) is 12.2 Å². The minimum absolute atomic E-state index is 0.689. The van der Waals surface area contributed by atoms with E-state index in [1.165, 1.54) is 18.4 Å². The first-order valence-corrected chi connectivity index (χ1v) is 5.70. The largest absolute Gasteiger partial charge is 0.330 e. The second kappa shape index (κ2) is 8.01. The first-order chi connectivity index (χ1) is 6.63. The van der Waals surface area contributed by atoms with Crippen molar-refractivity contribution in [2.24, 2.45) is 11.7 Å². The molecule has 0 fully saturated rings. The highest BCUT2D eigenvalue weighted by Gasteiger charge is 2.07. The van der Waals surface area contributed by atoms with E-state index < -0.39 is 0 Å². The Morgan fingerprint density at radius 1 is 1.43 bits per heavy atom. The number of hydrogen-bond acceptors (Lipinski definition) is 2. The minimum atomic E-state index is 0.689. The standard InChI is InChI=1S/C12H26N2/c1-5-12(9-13)7-8-14(6-2)10-11(3)4/h12H,3,5-10,13H2,1-2,4H3. The summed E-state index contributed by atoms with van der Waals surface area (Å²) in [6.07, 6.45) is 2.41. The van der Waals surface area contributed by atoms with Gasteiger partial charge in [0.2, 0.25) is 0 Å². The van der Waals surface area contributed by atoms with Crippen LogP contribution in [0.2, 0.25) is 0 Å². The molecule has 0 saturated heterocycles. The van der Waals surface area contributed by atoms with E-state index in [0.29, 0.717) is 5.92 Å². The molecule has 0 aromatic heterocycles. The molecule has 0 aromatic rings. The van der Waals surface area contributed by atoms with Gasteiger partial charge in [-0.05, 0) is 38.9 Å². The zero-order valence-corrected chi connectivity index (χ0v) is 10.1. The summed E-state index contributed by atoms with van der Waals surface area (Å²) in [7, 11) is 0. The van der Waals surface area contributed by atoms with Crippen molar-refractivity contribution in [1.29, 1.82) is 0 Å². The molecule has 0 aliphatic heterocycles. The number of nitrogens with two attached hydrogens (primary N) is 1. The van der Waals surface area contributed by atoms with Gasteiger partial charge in [0.15, 0.2) is 0 Å². The summed E-state index contributed by atoms with van der Waals surface area (Å²) >= 11 is 0. The van der Waals surface area contributed by atoms with Crippen LogP contribution in [0, 0.1) is 5.92 Å². The van der Waals surface area contributed by atoms with Crippen LogP contribution in [-0.4, -0.2) is 31.1 Å². The van der Waals surface area contributed by atoms with Crippen molar-refractivity contribution in [1.82, 2.24) is 4.90 Å². The molecule has 84 valence electrons. The summed E-state index contributed by atoms with van der Waals surface area (Å²) in [5.41, 5.74) is 6.92. The summed E-state index contributed by atoms with van der Waals surface area (Å²) in [4.78, 5) is 2.43. The SMILES string of the molecule is C=C(C)CN(CC)CCC(CC)CN. The number of rotatable bonds is 8. The molecule has 2 heteroatoms. The third-order valence-corrected chi connectivity index (χ3v) is 2.70. The van der Waals surface area contributed by atoms with Crippen LogP contribution in [0.5, 0.6) is 0 Å². The zero-order chi connectivity index (χ0) is 11.0. The fourth-order valence-corrected chi connectivity index (χ4v) is 1.58. The molecule has 0 spiro atoms. The van der Waals surface area contributed by atoms with Gasteiger partial charge in [0.25, 0.3) is 0 Å². The lowest BCUT2D eigenvalue weighted by molar-refractivity contribution is 0.281. The molecule has 1 unspecified atom stereocenters. The number of likely N-dealkylation sites (N-methyl/N-ethyl adjacent to an activating group) is 1. The first-order valence-electron chi connectivity index (χ1n) is 5.70. The van der Waals surface area contributed by atoms with Gasteiger partial charge in [0.1, 0.15) is 0 Å². The van der Waals surface area contributed by atoms with Crippen molar-refractivity contribution in [3.05, 3.63) is 12.2 Å². The minimum Gasteiger partial charge on any atom is -0.330 e. The van der Waals surface area contributed by atoms with Gasteiger partial charge in [0.05, 0.1) is 0 Å². The zero-order valence-electron chi connectivity index (χ0n) is 10.1. The molecule has 14 heavy (non-hydrogen) atoms. The Kier molecular flexibility index (Phi) is 7.81. The molecular weight excluding hydrogens is 172 g/mol. The van der Waals surface area contributed by atoms with Crippen LogP contribution in [0.4, 0.5) is 0 Å². The normalized spacial score (nSPS) is 13.2. The molecule has 0 saturated carbocycles. The van der Waals surface area contributed by atoms with E-state index in [1.54, 1.807) is 0 Å². The maximum absolute atomic E-state index is 5.68. The van der Waals surface area contributed by atoms with E-state index in [9.17, 15) is 0 Å². The third kappa shape index (κ3) is 6.17. The molecule has 0 aliphatic rings. The summed E-state index contributed by atoms with van der Waals surface area (Å²) in [5, 5.41) is 0. The summed E-state index contributed by atoms with van der Waals surface area (Å²) in [6.45, 7) is 14.5. The molecular formula is C12H26N2. The lowest BCUT2D eigenvalue weighted by atomic mass is 10.0. The van der Waals surface area contributed by atoms with Gasteiger partial charge in [0, 0.05) is 6.54 Å². The monoisotopic (exact) mass is 198 g/mol. The van der Waals surface area contributed by atoms with Gasteiger partial charge < -0.3 is 5.73 Å². The van der Waals surface area contributed by atoms with Crippen LogP contribution < -0.4 is 5.73 Å². The molecule has 0 radical (unpaired) electrons. The lowest BCUT2D eigenvalue weighted by Crippen LogP contribution is -2.29. The second-order valence-corrected chi connectivity index (χ2v) is 4.12. The quantitative estimate of drug-likeness (QED) is 0.606. The van der Waals surface area contributed by atoms with Crippen molar-refractivity contribution < 1.29 is 0 Å². The Morgan fingerprint density at radius 3 is 2.43 bits per heavy atom. The van der Waals surface area contributed by atoms with E-state index in [0.717, 1.165) is 26.2 Å². The van der Waals surface area contributed by atoms with Crippen LogP contribution in [-0.2, 0) is 0 Å². The summed E-state index contributed by atoms with van der Waals surface area (Å²) in [5.74, 6) is 0.689. The Labute approximate surface area is 89.2 Å². The van der Waals surface area contributed by atoms with Crippen molar-refractivity contribution in [2.75, 3.05) is 26.2 Å². The third-order valence-electron chi connectivity index (χ3n) is 2.70. The Hall–Kier alpha value is -0.340. The molecule has 0 bridgehead atoms. The van der Waals surface area contributed by atoms with Crippen molar-refractivity contribution in [3.8, 4) is 0 Å². The predicted octanol–water partition coefficient (Wildman–Crippen LogP) is 2.26. The van der Waals surface area contributed by atoms with Crippen LogP contribution in [0.3, 0.4) is 0 Å². The number of hydrogen-bond donors (Lipinski definition) is 1. The van der Waals surface area contributed by atoms with Gasteiger partial charge in [-0.1, -0.05) is 32.4 Å². The molecule has 0 amide bonds. The average Bonchev–Trinajstić information content (AvgIpc) is 2.17. The topological polar surface area (TPSA) is 29.3 Å². The van der Waals surface area contributed by atoms with Gasteiger partial charge in [-0.2, -0.15) is 0 Å². The van der Waals surface area contributed by atoms with E-state index in [-0.39, 0.29) is 0 Å². The van der Waals surface area contributed by atoms with Gasteiger partial charge in [-0.3, -0.25) is 4.90 Å². The van der Waals surface area contributed by atoms with Crippen LogP contribution >= 0.6 is 0 Å². The number of nitrogens with zero attached hydrogens (tertiary/aromatic N) is 1. The molecule has 2 N–H and O–H groups in total. The molecule has 2 nitrogen and oxygen atoms in total. The summed E-state index contributed by atoms with van der Waals surface area (Å²) in [6, 6.07) is 0. The van der Waals surface area contributed by atoms with Crippen molar-refractivity contribution >= 4 is 0 Å². The highest BCUT2D eigenvalue weighted by molar-refractivity contribution is 4.91. The second-order valence-electron chi connectivity index (χ2n) is 4.12. The maximum atomic E-state index is 5.68. The van der Waals surface area contributed by atoms with Crippen molar-refractivity contribution in [2.45, 2.75) is 33.6 Å². The Balaban J connectivity index is 3.76. The highest BCUT2D eigenvalue weighted by Crippen LogP contribution is 2.08. The van der Waals surface area contributed by atoms with Gasteiger partial charge >= 0.3 is 0 Å². The van der Waals surface area contributed by atoms with E-state index in [2.05, 4.69) is 32.3 Å². The molecule has 1 atom stereocenters. The lowest BCUT2D eigenvalue weighted by Gasteiger charge is -2.22. The van der Waals surface area contributed by atoms with Crippen LogP contribution in [0.25, 0.3) is 0 Å². The van der Waals surface area contributed by atoms with Gasteiger partial charge in [-0.15, -0.1) is 0 Å². The summed E-state index contributed by atoms with van der Waals surface area (Å²) < 4.78 is 0. The highest BCUT2D eigenvalue weighted by atomic mass is 15.1. The van der Waals surface area contributed by atoms with Gasteiger partial charge in [-0.25, -0.2) is 0 Å². The van der Waals surface area contributed by atoms with E-state index in [4.69, 9.17) is 5.73 Å².